The zero-order chi connectivity index (χ0) is 22.6. The molecule has 0 spiro atoms. The molecule has 1 saturated carbocycles. The second-order valence-corrected chi connectivity index (χ2v) is 9.50. The molecule has 0 radical (unpaired) electrons. The lowest BCUT2D eigenvalue weighted by atomic mass is 10.1. The van der Waals surface area contributed by atoms with Gasteiger partial charge in [-0.2, -0.15) is 0 Å². The number of hydrogen-bond donors (Lipinski definition) is 1. The summed E-state index contributed by atoms with van der Waals surface area (Å²) in [6.07, 6.45) is 6.80. The van der Waals surface area contributed by atoms with Gasteiger partial charge < -0.3 is 15.0 Å². The van der Waals surface area contributed by atoms with Crippen molar-refractivity contribution in [3.63, 3.8) is 0 Å². The van der Waals surface area contributed by atoms with Crippen molar-refractivity contribution in [2.45, 2.75) is 50.8 Å². The number of pyridine rings is 1. The molecule has 7 heteroatoms. The van der Waals surface area contributed by atoms with Crippen molar-refractivity contribution in [3.05, 3.63) is 59.9 Å². The summed E-state index contributed by atoms with van der Waals surface area (Å²) in [7, 11) is 0. The number of ether oxygens (including phenoxy) is 1. The SMILES string of the molecule is O=C(NC[C@@H]1CC(=O)N(C2CC2)C1)c1ccc(OC2CCN(Cc3ccccn3)CC2)cc1. The van der Waals surface area contributed by atoms with Crippen molar-refractivity contribution in [1.82, 2.24) is 20.1 Å². The van der Waals surface area contributed by atoms with Crippen LogP contribution in [0.25, 0.3) is 0 Å². The van der Waals surface area contributed by atoms with Crippen LogP contribution >= 0.6 is 0 Å². The molecule has 3 fully saturated rings. The number of aromatic nitrogens is 1. The average molecular weight is 449 g/mol. The number of hydrogen-bond acceptors (Lipinski definition) is 5. The van der Waals surface area contributed by atoms with E-state index in [-0.39, 0.29) is 23.8 Å². The van der Waals surface area contributed by atoms with E-state index in [9.17, 15) is 9.59 Å². The monoisotopic (exact) mass is 448 g/mol. The minimum absolute atomic E-state index is 0.0956. The summed E-state index contributed by atoms with van der Waals surface area (Å²) in [6, 6.07) is 13.9. The Hall–Kier alpha value is -2.93. The van der Waals surface area contributed by atoms with Crippen molar-refractivity contribution < 1.29 is 14.3 Å². The lowest BCUT2D eigenvalue weighted by Gasteiger charge is -2.31. The molecule has 3 aliphatic rings. The van der Waals surface area contributed by atoms with Crippen molar-refractivity contribution in [1.29, 1.82) is 0 Å². The minimum atomic E-state index is -0.0956. The fourth-order valence-corrected chi connectivity index (χ4v) is 4.81. The lowest BCUT2D eigenvalue weighted by Crippen LogP contribution is -2.38. The molecular formula is C26H32N4O3. The number of nitrogens with one attached hydrogen (secondary N) is 1. The fourth-order valence-electron chi connectivity index (χ4n) is 4.81. The first-order valence-corrected chi connectivity index (χ1v) is 12.1. The molecule has 3 heterocycles. The summed E-state index contributed by atoms with van der Waals surface area (Å²) >= 11 is 0. The highest BCUT2D eigenvalue weighted by Gasteiger charge is 2.39. The number of carbonyl (C=O) groups is 2. The molecule has 1 aliphatic carbocycles. The Kier molecular flexibility index (Phi) is 6.58. The quantitative estimate of drug-likeness (QED) is 0.672. The molecule has 0 bridgehead atoms. The Labute approximate surface area is 195 Å². The van der Waals surface area contributed by atoms with Crippen LogP contribution in [0.15, 0.2) is 48.7 Å². The van der Waals surface area contributed by atoms with Crippen LogP contribution in [0, 0.1) is 5.92 Å². The highest BCUT2D eigenvalue weighted by Crippen LogP contribution is 2.32. The first-order valence-electron chi connectivity index (χ1n) is 12.1. The normalized spacial score (nSPS) is 21.9. The molecule has 1 aromatic carbocycles. The molecule has 2 aromatic rings. The van der Waals surface area contributed by atoms with Crippen molar-refractivity contribution in [2.75, 3.05) is 26.2 Å². The van der Waals surface area contributed by atoms with Crippen LogP contribution in [0.1, 0.15) is 48.2 Å². The van der Waals surface area contributed by atoms with Gasteiger partial charge in [0.25, 0.3) is 5.91 Å². The first kappa shape index (κ1) is 21.9. The second kappa shape index (κ2) is 9.91. The smallest absolute Gasteiger partial charge is 0.251 e. The van der Waals surface area contributed by atoms with Gasteiger partial charge in [0, 0.05) is 62.9 Å². The molecule has 2 aliphatic heterocycles. The number of likely N-dealkylation sites (tertiary alicyclic amines) is 2. The topological polar surface area (TPSA) is 74.8 Å². The third-order valence-electron chi connectivity index (χ3n) is 6.84. The van der Waals surface area contributed by atoms with E-state index in [1.807, 2.05) is 47.5 Å². The molecule has 7 nitrogen and oxygen atoms in total. The predicted octanol–water partition coefficient (Wildman–Crippen LogP) is 2.87. The average Bonchev–Trinajstić information content (AvgIpc) is 3.62. The Morgan fingerprint density at radius 1 is 1.06 bits per heavy atom. The van der Waals surface area contributed by atoms with Gasteiger partial charge in [-0.1, -0.05) is 6.07 Å². The Morgan fingerprint density at radius 3 is 2.55 bits per heavy atom. The Bertz CT molecular complexity index is 953. The van der Waals surface area contributed by atoms with Gasteiger partial charge in [-0.15, -0.1) is 0 Å². The molecule has 2 saturated heterocycles. The summed E-state index contributed by atoms with van der Waals surface area (Å²) in [5, 5.41) is 3.00. The maximum Gasteiger partial charge on any atom is 0.251 e. The van der Waals surface area contributed by atoms with Gasteiger partial charge in [0.15, 0.2) is 0 Å². The third kappa shape index (κ3) is 5.71. The van der Waals surface area contributed by atoms with Gasteiger partial charge in [0.05, 0.1) is 5.69 Å². The van der Waals surface area contributed by atoms with Gasteiger partial charge in [-0.3, -0.25) is 19.5 Å². The lowest BCUT2D eigenvalue weighted by molar-refractivity contribution is -0.128. The molecule has 0 unspecified atom stereocenters. The molecule has 1 aromatic heterocycles. The number of benzene rings is 1. The van der Waals surface area contributed by atoms with Crippen LogP contribution in [-0.2, 0) is 11.3 Å². The summed E-state index contributed by atoms with van der Waals surface area (Å²) in [5.41, 5.74) is 1.72. The van der Waals surface area contributed by atoms with E-state index in [4.69, 9.17) is 4.74 Å². The van der Waals surface area contributed by atoms with E-state index in [1.54, 1.807) is 0 Å². The van der Waals surface area contributed by atoms with Crippen LogP contribution in [0.3, 0.4) is 0 Å². The van der Waals surface area contributed by atoms with E-state index < -0.39 is 0 Å². The molecule has 174 valence electrons. The van der Waals surface area contributed by atoms with Crippen molar-refractivity contribution in [2.24, 2.45) is 5.92 Å². The van der Waals surface area contributed by atoms with E-state index in [1.165, 1.54) is 0 Å². The standard InChI is InChI=1S/C26H32N4O3/c31-25-15-19(17-30(25)22-6-7-22)16-28-26(32)20-4-8-23(9-5-20)33-24-10-13-29(14-11-24)18-21-3-1-2-12-27-21/h1-5,8-9,12,19,22,24H,6-7,10-11,13-18H2,(H,28,32)/t19-/m0/s1. The van der Waals surface area contributed by atoms with Crippen molar-refractivity contribution >= 4 is 11.8 Å². The van der Waals surface area contributed by atoms with Gasteiger partial charge in [0.1, 0.15) is 11.9 Å². The number of amides is 2. The first-order chi connectivity index (χ1) is 16.1. The highest BCUT2D eigenvalue weighted by atomic mass is 16.5. The van der Waals surface area contributed by atoms with Gasteiger partial charge in [-0.05, 0) is 62.1 Å². The van der Waals surface area contributed by atoms with Crippen LogP contribution in [0.2, 0.25) is 0 Å². The number of piperidine rings is 1. The van der Waals surface area contributed by atoms with Crippen LogP contribution < -0.4 is 10.1 Å². The Morgan fingerprint density at radius 2 is 1.85 bits per heavy atom. The van der Waals surface area contributed by atoms with E-state index in [2.05, 4.69) is 21.3 Å². The van der Waals surface area contributed by atoms with Crippen LogP contribution in [-0.4, -0.2) is 64.9 Å². The molecule has 2 amide bonds. The van der Waals surface area contributed by atoms with E-state index in [0.717, 1.165) is 63.3 Å². The highest BCUT2D eigenvalue weighted by molar-refractivity contribution is 5.94. The number of carbonyl (C=O) groups excluding carboxylic acids is 2. The number of rotatable bonds is 8. The Balaban J connectivity index is 1.04. The van der Waals surface area contributed by atoms with Gasteiger partial charge in [0.2, 0.25) is 5.91 Å². The fraction of sp³-hybridized carbons (Fsp3) is 0.500. The molecular weight excluding hydrogens is 416 g/mol. The zero-order valence-electron chi connectivity index (χ0n) is 19.0. The summed E-state index contributed by atoms with van der Waals surface area (Å²) in [5.74, 6) is 1.16. The number of nitrogens with zero attached hydrogens (tertiary/aromatic N) is 3. The molecule has 5 rings (SSSR count). The zero-order valence-corrected chi connectivity index (χ0v) is 19.0. The van der Waals surface area contributed by atoms with Gasteiger partial charge in [-0.25, -0.2) is 0 Å². The van der Waals surface area contributed by atoms with Crippen molar-refractivity contribution in [3.8, 4) is 5.75 Å². The largest absolute Gasteiger partial charge is 0.490 e. The third-order valence-corrected chi connectivity index (χ3v) is 6.84. The van der Waals surface area contributed by atoms with Crippen LogP contribution in [0.5, 0.6) is 5.75 Å². The van der Waals surface area contributed by atoms with Gasteiger partial charge >= 0.3 is 0 Å². The van der Waals surface area contributed by atoms with Crippen LogP contribution in [0.4, 0.5) is 0 Å². The summed E-state index contributed by atoms with van der Waals surface area (Å²) in [6.45, 7) is 4.18. The minimum Gasteiger partial charge on any atom is -0.490 e. The maximum atomic E-state index is 12.5. The van der Waals surface area contributed by atoms with E-state index >= 15 is 0 Å². The molecule has 1 atom stereocenters. The molecule has 33 heavy (non-hydrogen) atoms. The molecule has 1 N–H and O–H groups in total. The summed E-state index contributed by atoms with van der Waals surface area (Å²) < 4.78 is 6.16. The summed E-state index contributed by atoms with van der Waals surface area (Å²) in [4.78, 5) is 33.4. The second-order valence-electron chi connectivity index (χ2n) is 9.50. The maximum absolute atomic E-state index is 12.5. The predicted molar refractivity (Wildman–Crippen MR) is 125 cm³/mol. The van der Waals surface area contributed by atoms with E-state index in [0.29, 0.717) is 24.6 Å².